The standard InChI is InChI=1S/C30H22F2N4O6/c1-2-35-16-21(29(38)36(30(35)39)19-6-3-17(31)4-7-19)28(37)34-18-5-8-25(22(32)13-18)42-24-9-10-33-23-15-27-26(14-20(23)24)40-11-12-41-27/h3-10,13-16H,2,11-12H2,1H3,(H,34,37). The van der Waals surface area contributed by atoms with Gasteiger partial charge in [0.2, 0.25) is 0 Å². The highest BCUT2D eigenvalue weighted by atomic mass is 19.1. The molecule has 212 valence electrons. The Morgan fingerprint density at radius 1 is 0.976 bits per heavy atom. The minimum absolute atomic E-state index is 0.0473. The minimum Gasteiger partial charge on any atom is -0.486 e. The largest absolute Gasteiger partial charge is 0.486 e. The zero-order valence-electron chi connectivity index (χ0n) is 22.1. The maximum atomic E-state index is 15.2. The lowest BCUT2D eigenvalue weighted by molar-refractivity contribution is 0.102. The summed E-state index contributed by atoms with van der Waals surface area (Å²) < 4.78 is 47.6. The predicted octanol–water partition coefficient (Wildman–Crippen LogP) is 4.66. The SMILES string of the molecule is CCn1cc(C(=O)Nc2ccc(Oc3ccnc4cc5c(cc34)OCCO5)c(F)c2)c(=O)n(-c2ccc(F)cc2)c1=O. The minimum atomic E-state index is -0.907. The van der Waals surface area contributed by atoms with E-state index in [-0.39, 0.29) is 29.2 Å². The smallest absolute Gasteiger partial charge is 0.335 e. The summed E-state index contributed by atoms with van der Waals surface area (Å²) in [7, 11) is 0. The molecule has 0 unspecified atom stereocenters. The number of halogens is 2. The molecule has 0 aliphatic carbocycles. The van der Waals surface area contributed by atoms with Gasteiger partial charge >= 0.3 is 5.69 Å². The predicted molar refractivity (Wildman–Crippen MR) is 149 cm³/mol. The van der Waals surface area contributed by atoms with Crippen LogP contribution in [0.1, 0.15) is 17.3 Å². The van der Waals surface area contributed by atoms with Crippen LogP contribution in [0.3, 0.4) is 0 Å². The van der Waals surface area contributed by atoms with E-state index >= 15 is 4.39 Å². The van der Waals surface area contributed by atoms with Crippen LogP contribution in [0.5, 0.6) is 23.0 Å². The number of amides is 1. The second-order valence-corrected chi connectivity index (χ2v) is 9.25. The number of aromatic nitrogens is 3. The summed E-state index contributed by atoms with van der Waals surface area (Å²) in [5.41, 5.74) is -1.25. The van der Waals surface area contributed by atoms with Gasteiger partial charge in [0, 0.05) is 42.1 Å². The fraction of sp³-hybridized carbons (Fsp3) is 0.133. The molecule has 1 N–H and O–H groups in total. The zero-order valence-corrected chi connectivity index (χ0v) is 22.1. The van der Waals surface area contributed by atoms with Gasteiger partial charge in [0.1, 0.15) is 30.3 Å². The van der Waals surface area contributed by atoms with Gasteiger partial charge in [0.15, 0.2) is 23.1 Å². The summed E-state index contributed by atoms with van der Waals surface area (Å²) in [5.74, 6) is -0.896. The van der Waals surface area contributed by atoms with Gasteiger partial charge in [-0.25, -0.2) is 18.1 Å². The molecule has 0 spiro atoms. The Labute approximate surface area is 236 Å². The summed E-state index contributed by atoms with van der Waals surface area (Å²) in [6, 6.07) is 13.5. The van der Waals surface area contributed by atoms with Gasteiger partial charge < -0.3 is 19.5 Å². The number of anilines is 1. The zero-order chi connectivity index (χ0) is 29.4. The summed E-state index contributed by atoms with van der Waals surface area (Å²) in [6.07, 6.45) is 2.66. The lowest BCUT2D eigenvalue weighted by Crippen LogP contribution is -2.42. The lowest BCUT2D eigenvalue weighted by Gasteiger charge is -2.19. The van der Waals surface area contributed by atoms with E-state index in [1.165, 1.54) is 35.0 Å². The molecule has 1 aliphatic rings. The highest BCUT2D eigenvalue weighted by molar-refractivity contribution is 6.04. The van der Waals surface area contributed by atoms with Crippen LogP contribution >= 0.6 is 0 Å². The number of benzene rings is 3. The molecule has 12 heteroatoms. The van der Waals surface area contributed by atoms with Gasteiger partial charge in [0.05, 0.1) is 11.2 Å². The van der Waals surface area contributed by atoms with Gasteiger partial charge in [-0.3, -0.25) is 19.1 Å². The number of carbonyl (C=O) groups is 1. The van der Waals surface area contributed by atoms with Crippen LogP contribution in [0.4, 0.5) is 14.5 Å². The van der Waals surface area contributed by atoms with Crippen LogP contribution in [0, 0.1) is 11.6 Å². The third-order valence-corrected chi connectivity index (χ3v) is 6.60. The number of nitrogens with zero attached hydrogens (tertiary/aromatic N) is 3. The molecule has 1 amide bonds. The van der Waals surface area contributed by atoms with Crippen LogP contribution in [-0.4, -0.2) is 33.2 Å². The fourth-order valence-corrected chi connectivity index (χ4v) is 4.53. The summed E-state index contributed by atoms with van der Waals surface area (Å²) in [6.45, 7) is 2.65. The molecule has 6 rings (SSSR count). The number of pyridine rings is 1. The van der Waals surface area contributed by atoms with Crippen molar-refractivity contribution in [3.8, 4) is 28.7 Å². The Bertz CT molecular complexity index is 1970. The average Bonchev–Trinajstić information content (AvgIpc) is 2.98. The molecule has 3 aromatic carbocycles. The molecule has 0 atom stereocenters. The highest BCUT2D eigenvalue weighted by Gasteiger charge is 2.20. The van der Waals surface area contributed by atoms with Crippen molar-refractivity contribution >= 4 is 22.5 Å². The van der Waals surface area contributed by atoms with Crippen molar-refractivity contribution in [1.82, 2.24) is 14.1 Å². The quantitative estimate of drug-likeness (QED) is 0.315. The van der Waals surface area contributed by atoms with Crippen molar-refractivity contribution in [2.75, 3.05) is 18.5 Å². The normalized spacial score (nSPS) is 12.3. The van der Waals surface area contributed by atoms with Gasteiger partial charge in [-0.15, -0.1) is 0 Å². The van der Waals surface area contributed by atoms with E-state index in [2.05, 4.69) is 10.3 Å². The first-order valence-corrected chi connectivity index (χ1v) is 12.9. The third kappa shape index (κ3) is 4.94. The third-order valence-electron chi connectivity index (χ3n) is 6.60. The average molecular weight is 573 g/mol. The number of carbonyl (C=O) groups excluding carboxylic acids is 1. The first-order valence-electron chi connectivity index (χ1n) is 12.9. The number of ether oxygens (including phenoxy) is 3. The first-order chi connectivity index (χ1) is 20.3. The Kier molecular flexibility index (Phi) is 6.87. The van der Waals surface area contributed by atoms with Gasteiger partial charge in [0.25, 0.3) is 11.5 Å². The van der Waals surface area contributed by atoms with Crippen molar-refractivity contribution in [3.05, 3.63) is 111 Å². The van der Waals surface area contributed by atoms with E-state index in [0.717, 1.165) is 29.0 Å². The van der Waals surface area contributed by atoms with Crippen molar-refractivity contribution in [2.45, 2.75) is 13.5 Å². The topological polar surface area (TPSA) is 114 Å². The summed E-state index contributed by atoms with van der Waals surface area (Å²) >= 11 is 0. The molecule has 0 saturated carbocycles. The second kappa shape index (κ2) is 10.8. The van der Waals surface area contributed by atoms with Crippen molar-refractivity contribution in [2.24, 2.45) is 0 Å². The Balaban J connectivity index is 1.28. The van der Waals surface area contributed by atoms with Gasteiger partial charge in [-0.2, -0.15) is 0 Å². The van der Waals surface area contributed by atoms with E-state index in [0.29, 0.717) is 41.4 Å². The molecular weight excluding hydrogens is 550 g/mol. The number of rotatable bonds is 6. The summed E-state index contributed by atoms with van der Waals surface area (Å²) in [5, 5.41) is 3.07. The van der Waals surface area contributed by atoms with E-state index in [1.54, 1.807) is 25.1 Å². The summed E-state index contributed by atoms with van der Waals surface area (Å²) in [4.78, 5) is 43.5. The Morgan fingerprint density at radius 2 is 1.71 bits per heavy atom. The van der Waals surface area contributed by atoms with Crippen LogP contribution in [-0.2, 0) is 6.54 Å². The lowest BCUT2D eigenvalue weighted by atomic mass is 10.1. The molecule has 0 radical (unpaired) electrons. The molecule has 2 aromatic heterocycles. The van der Waals surface area contributed by atoms with E-state index in [9.17, 15) is 18.8 Å². The van der Waals surface area contributed by atoms with E-state index in [1.807, 2.05) is 0 Å². The molecule has 42 heavy (non-hydrogen) atoms. The highest BCUT2D eigenvalue weighted by Crippen LogP contribution is 2.39. The number of hydrogen-bond acceptors (Lipinski definition) is 7. The number of nitrogens with one attached hydrogen (secondary N) is 1. The van der Waals surface area contributed by atoms with Crippen molar-refractivity contribution < 1.29 is 27.8 Å². The molecule has 10 nitrogen and oxygen atoms in total. The molecular formula is C30H22F2N4O6. The Hall–Kier alpha value is -5.52. The number of aryl methyl sites for hydroxylation is 1. The van der Waals surface area contributed by atoms with Gasteiger partial charge in [-0.05, 0) is 55.5 Å². The van der Waals surface area contributed by atoms with E-state index in [4.69, 9.17) is 14.2 Å². The number of fused-ring (bicyclic) bond motifs is 2. The van der Waals surface area contributed by atoms with Gasteiger partial charge in [-0.1, -0.05) is 0 Å². The molecule has 5 aromatic rings. The molecule has 0 bridgehead atoms. The van der Waals surface area contributed by atoms with Crippen molar-refractivity contribution in [1.29, 1.82) is 0 Å². The maximum Gasteiger partial charge on any atom is 0.335 e. The maximum absolute atomic E-state index is 15.2. The van der Waals surface area contributed by atoms with Crippen molar-refractivity contribution in [3.63, 3.8) is 0 Å². The monoisotopic (exact) mass is 572 g/mol. The van der Waals surface area contributed by atoms with Crippen LogP contribution in [0.2, 0.25) is 0 Å². The first kappa shape index (κ1) is 26.7. The van der Waals surface area contributed by atoms with Crippen LogP contribution in [0.25, 0.3) is 16.6 Å². The Morgan fingerprint density at radius 3 is 2.43 bits per heavy atom. The van der Waals surface area contributed by atoms with Crippen LogP contribution in [0.15, 0.2) is 82.6 Å². The molecule has 0 fully saturated rings. The second-order valence-electron chi connectivity index (χ2n) is 9.25. The van der Waals surface area contributed by atoms with Crippen LogP contribution < -0.4 is 30.8 Å². The molecule has 3 heterocycles. The molecule has 0 saturated heterocycles. The molecule has 1 aliphatic heterocycles. The number of hydrogen-bond donors (Lipinski definition) is 1. The fourth-order valence-electron chi connectivity index (χ4n) is 4.53. The van der Waals surface area contributed by atoms with E-state index < -0.39 is 28.8 Å².